The van der Waals surface area contributed by atoms with Crippen molar-refractivity contribution < 1.29 is 14.3 Å². The van der Waals surface area contributed by atoms with Crippen molar-refractivity contribution >= 4 is 29.0 Å². The Morgan fingerprint density at radius 2 is 2.12 bits per heavy atom. The Bertz CT molecular complexity index is 1350. The SMILES string of the molecule is O=C([C@H](O)c1cccc(Cl)c1)N1CCC[C@@H](Nc2ccnc(-c3cnc4ccc(F)cn34)n2)C1. The Hall–Kier alpha value is -3.56. The van der Waals surface area contributed by atoms with Crippen LogP contribution in [0.1, 0.15) is 24.5 Å². The second-order valence-electron chi connectivity index (χ2n) is 8.21. The highest BCUT2D eigenvalue weighted by Crippen LogP contribution is 2.24. The lowest BCUT2D eigenvalue weighted by molar-refractivity contribution is -0.141. The first-order chi connectivity index (χ1) is 16.5. The van der Waals surface area contributed by atoms with Crippen LogP contribution in [0.15, 0.2) is 61.1 Å². The summed E-state index contributed by atoms with van der Waals surface area (Å²) >= 11 is 6.00. The number of likely N-dealkylation sites (tertiary alicyclic amines) is 1. The quantitative estimate of drug-likeness (QED) is 0.452. The van der Waals surface area contributed by atoms with Gasteiger partial charge in [0.1, 0.15) is 23.0 Å². The van der Waals surface area contributed by atoms with Gasteiger partial charge in [-0.05, 0) is 48.7 Å². The van der Waals surface area contributed by atoms with Gasteiger partial charge in [-0.1, -0.05) is 23.7 Å². The summed E-state index contributed by atoms with van der Waals surface area (Å²) in [7, 11) is 0. The maximum atomic E-state index is 13.7. The third-order valence-corrected chi connectivity index (χ3v) is 6.07. The van der Waals surface area contributed by atoms with Gasteiger partial charge in [-0.2, -0.15) is 0 Å². The molecule has 2 atom stereocenters. The molecule has 5 rings (SSSR count). The van der Waals surface area contributed by atoms with Crippen molar-refractivity contribution in [2.75, 3.05) is 18.4 Å². The standard InChI is InChI=1S/C24H22ClFN6O2/c25-16-4-1-3-15(11-16)22(33)24(34)31-10-2-5-18(14-31)29-20-8-9-27-23(30-20)19-12-28-21-7-6-17(26)13-32(19)21/h1,3-4,6-9,11-13,18,22,33H,2,5,10,14H2,(H,27,29,30)/t18-,22-/m1/s1. The molecule has 174 valence electrons. The molecule has 1 saturated heterocycles. The van der Waals surface area contributed by atoms with Crippen LogP contribution in [-0.2, 0) is 4.79 Å². The van der Waals surface area contributed by atoms with Gasteiger partial charge in [0, 0.05) is 36.5 Å². The van der Waals surface area contributed by atoms with Crippen LogP contribution >= 0.6 is 11.6 Å². The normalized spacial score (nSPS) is 17.0. The molecule has 0 aliphatic carbocycles. The highest BCUT2D eigenvalue weighted by Gasteiger charge is 2.29. The van der Waals surface area contributed by atoms with Gasteiger partial charge in [0.25, 0.3) is 5.91 Å². The number of imidazole rings is 1. The molecule has 4 aromatic rings. The smallest absolute Gasteiger partial charge is 0.256 e. The number of anilines is 1. The van der Waals surface area contributed by atoms with Gasteiger partial charge in [0.05, 0.1) is 6.20 Å². The molecule has 0 radical (unpaired) electrons. The van der Waals surface area contributed by atoms with Crippen LogP contribution in [0, 0.1) is 5.82 Å². The number of piperidine rings is 1. The number of nitrogens with one attached hydrogen (secondary N) is 1. The molecule has 8 nitrogen and oxygen atoms in total. The number of aromatic nitrogens is 4. The topological polar surface area (TPSA) is 95.7 Å². The minimum absolute atomic E-state index is 0.0494. The predicted molar refractivity (Wildman–Crippen MR) is 126 cm³/mol. The van der Waals surface area contributed by atoms with E-state index in [9.17, 15) is 14.3 Å². The highest BCUT2D eigenvalue weighted by molar-refractivity contribution is 6.30. The first-order valence-corrected chi connectivity index (χ1v) is 11.3. The van der Waals surface area contributed by atoms with Gasteiger partial charge in [0.15, 0.2) is 11.9 Å². The molecule has 2 N–H and O–H groups in total. The fourth-order valence-electron chi connectivity index (χ4n) is 4.18. The molecular formula is C24H22ClFN6O2. The Labute approximate surface area is 200 Å². The first kappa shape index (κ1) is 22.2. The summed E-state index contributed by atoms with van der Waals surface area (Å²) in [6.07, 6.45) is 4.94. The lowest BCUT2D eigenvalue weighted by Crippen LogP contribution is -2.46. The molecule has 1 aliphatic rings. The van der Waals surface area contributed by atoms with Crippen molar-refractivity contribution in [2.45, 2.75) is 25.0 Å². The van der Waals surface area contributed by atoms with Crippen molar-refractivity contribution in [1.82, 2.24) is 24.3 Å². The molecular weight excluding hydrogens is 459 g/mol. The fraction of sp³-hybridized carbons (Fsp3) is 0.250. The molecule has 3 aromatic heterocycles. The third-order valence-electron chi connectivity index (χ3n) is 5.84. The number of carbonyl (C=O) groups excluding carboxylic acids is 1. The molecule has 34 heavy (non-hydrogen) atoms. The van der Waals surface area contributed by atoms with Gasteiger partial charge in [-0.15, -0.1) is 0 Å². The van der Waals surface area contributed by atoms with E-state index in [1.165, 1.54) is 12.3 Å². The summed E-state index contributed by atoms with van der Waals surface area (Å²) in [5.74, 6) is 0.257. The Morgan fingerprint density at radius 1 is 1.24 bits per heavy atom. The number of aliphatic hydroxyl groups is 1. The predicted octanol–water partition coefficient (Wildman–Crippen LogP) is 3.72. The monoisotopic (exact) mass is 480 g/mol. The lowest BCUT2D eigenvalue weighted by Gasteiger charge is -2.34. The third kappa shape index (κ3) is 4.57. The van der Waals surface area contributed by atoms with Crippen LogP contribution in [0.2, 0.25) is 5.02 Å². The van der Waals surface area contributed by atoms with E-state index >= 15 is 0 Å². The first-order valence-electron chi connectivity index (χ1n) is 10.9. The van der Waals surface area contributed by atoms with Crippen LogP contribution in [0.25, 0.3) is 17.2 Å². The molecule has 1 amide bonds. The number of nitrogens with zero attached hydrogens (tertiary/aromatic N) is 5. The molecule has 0 spiro atoms. The highest BCUT2D eigenvalue weighted by atomic mass is 35.5. The van der Waals surface area contributed by atoms with Gasteiger partial charge in [-0.3, -0.25) is 9.20 Å². The number of hydrogen-bond donors (Lipinski definition) is 2. The molecule has 0 bridgehead atoms. The Balaban J connectivity index is 1.30. The summed E-state index contributed by atoms with van der Waals surface area (Å²) < 4.78 is 15.3. The molecule has 0 saturated carbocycles. The number of hydrogen-bond acceptors (Lipinski definition) is 6. The number of benzene rings is 1. The largest absolute Gasteiger partial charge is 0.378 e. The van der Waals surface area contributed by atoms with Crippen molar-refractivity contribution in [3.05, 3.63) is 77.5 Å². The van der Waals surface area contributed by atoms with Crippen molar-refractivity contribution in [2.24, 2.45) is 0 Å². The lowest BCUT2D eigenvalue weighted by atomic mass is 10.0. The Kier molecular flexibility index (Phi) is 6.12. The second-order valence-corrected chi connectivity index (χ2v) is 8.65. The zero-order chi connectivity index (χ0) is 23.7. The van der Waals surface area contributed by atoms with E-state index in [-0.39, 0.29) is 17.8 Å². The van der Waals surface area contributed by atoms with E-state index < -0.39 is 6.10 Å². The number of halogens is 2. The maximum Gasteiger partial charge on any atom is 0.256 e. The van der Waals surface area contributed by atoms with E-state index in [1.807, 2.05) is 0 Å². The van der Waals surface area contributed by atoms with E-state index in [1.54, 1.807) is 58.1 Å². The molecule has 4 heterocycles. The number of rotatable bonds is 5. The number of amides is 1. The minimum Gasteiger partial charge on any atom is -0.378 e. The summed E-state index contributed by atoms with van der Waals surface area (Å²) in [5, 5.41) is 14.4. The average Bonchev–Trinajstić information content (AvgIpc) is 3.26. The van der Waals surface area contributed by atoms with E-state index in [2.05, 4.69) is 20.3 Å². The van der Waals surface area contributed by atoms with Crippen molar-refractivity contribution in [3.63, 3.8) is 0 Å². The maximum absolute atomic E-state index is 13.7. The average molecular weight is 481 g/mol. The summed E-state index contributed by atoms with van der Waals surface area (Å²) in [4.78, 5) is 27.7. The van der Waals surface area contributed by atoms with Crippen molar-refractivity contribution in [3.8, 4) is 11.5 Å². The van der Waals surface area contributed by atoms with Gasteiger partial charge < -0.3 is 15.3 Å². The van der Waals surface area contributed by atoms with Crippen LogP contribution < -0.4 is 5.32 Å². The summed E-state index contributed by atoms with van der Waals surface area (Å²) in [6.45, 7) is 0.994. The minimum atomic E-state index is -1.27. The molecule has 0 unspecified atom stereocenters. The van der Waals surface area contributed by atoms with Gasteiger partial charge in [0.2, 0.25) is 0 Å². The fourth-order valence-corrected chi connectivity index (χ4v) is 4.38. The zero-order valence-electron chi connectivity index (χ0n) is 18.1. The van der Waals surface area contributed by atoms with Gasteiger partial charge >= 0.3 is 0 Å². The number of aliphatic hydroxyl groups excluding tert-OH is 1. The summed E-state index contributed by atoms with van der Waals surface area (Å²) in [5.41, 5.74) is 1.64. The van der Waals surface area contributed by atoms with Crippen LogP contribution in [0.5, 0.6) is 0 Å². The number of pyridine rings is 1. The second kappa shape index (κ2) is 9.36. The van der Waals surface area contributed by atoms with E-state index in [0.29, 0.717) is 46.7 Å². The van der Waals surface area contributed by atoms with E-state index in [0.717, 1.165) is 12.8 Å². The molecule has 1 aliphatic heterocycles. The van der Waals surface area contributed by atoms with Crippen LogP contribution in [0.4, 0.5) is 10.2 Å². The zero-order valence-corrected chi connectivity index (χ0v) is 18.9. The van der Waals surface area contributed by atoms with Crippen LogP contribution in [0.3, 0.4) is 0 Å². The van der Waals surface area contributed by atoms with E-state index in [4.69, 9.17) is 11.6 Å². The molecule has 10 heteroatoms. The van der Waals surface area contributed by atoms with Gasteiger partial charge in [-0.25, -0.2) is 19.3 Å². The van der Waals surface area contributed by atoms with Crippen LogP contribution in [-0.4, -0.2) is 54.4 Å². The van der Waals surface area contributed by atoms with Crippen molar-refractivity contribution in [1.29, 1.82) is 0 Å². The number of fused-ring (bicyclic) bond motifs is 1. The molecule has 1 aromatic carbocycles. The number of carbonyl (C=O) groups is 1. The molecule has 1 fully saturated rings. The summed E-state index contributed by atoms with van der Waals surface area (Å²) in [6, 6.07) is 11.3. The Morgan fingerprint density at radius 3 is 2.97 bits per heavy atom.